The molecule has 3 nitrogen and oxygen atoms in total. The normalized spacial score (nSPS) is 30.7. The van der Waals surface area contributed by atoms with Crippen molar-refractivity contribution in [3.05, 3.63) is 35.4 Å². The summed E-state index contributed by atoms with van der Waals surface area (Å²) in [5.74, 6) is 0.635. The summed E-state index contributed by atoms with van der Waals surface area (Å²) < 4.78 is 5.53. The molecule has 0 radical (unpaired) electrons. The molecule has 0 saturated carbocycles. The zero-order valence-corrected chi connectivity index (χ0v) is 11.6. The van der Waals surface area contributed by atoms with Gasteiger partial charge in [-0.1, -0.05) is 24.3 Å². The fraction of sp³-hybridized carbons (Fsp3) is 0.625. The summed E-state index contributed by atoms with van der Waals surface area (Å²) in [5, 5.41) is 10.5. The summed E-state index contributed by atoms with van der Waals surface area (Å²) in [5.41, 5.74) is 2.44. The fourth-order valence-corrected chi connectivity index (χ4v) is 3.47. The van der Waals surface area contributed by atoms with Crippen molar-refractivity contribution in [1.82, 2.24) is 4.90 Å². The third-order valence-electron chi connectivity index (χ3n) is 4.51. The van der Waals surface area contributed by atoms with Gasteiger partial charge in [-0.3, -0.25) is 4.90 Å². The minimum absolute atomic E-state index is 0.268. The van der Waals surface area contributed by atoms with Crippen LogP contribution in [0.5, 0.6) is 0 Å². The predicted octanol–water partition coefficient (Wildman–Crippen LogP) is 2.00. The first-order chi connectivity index (χ1) is 9.29. The number of aliphatic hydroxyl groups excluding tert-OH is 1. The highest BCUT2D eigenvalue weighted by atomic mass is 16.5. The lowest BCUT2D eigenvalue weighted by Gasteiger charge is -2.27. The molecular weight excluding hydrogens is 238 g/mol. The molecule has 0 amide bonds. The number of ether oxygens (including phenoxy) is 1. The molecule has 0 spiro atoms. The molecule has 1 N–H and O–H groups in total. The summed E-state index contributed by atoms with van der Waals surface area (Å²) in [4.78, 5) is 2.45. The van der Waals surface area contributed by atoms with E-state index in [-0.39, 0.29) is 12.1 Å². The van der Waals surface area contributed by atoms with E-state index in [9.17, 15) is 5.11 Å². The zero-order chi connectivity index (χ0) is 13.2. The Morgan fingerprint density at radius 3 is 3.00 bits per heavy atom. The van der Waals surface area contributed by atoms with Crippen LogP contribution in [-0.2, 0) is 11.2 Å². The van der Waals surface area contributed by atoms with E-state index < -0.39 is 0 Å². The first-order valence-electron chi connectivity index (χ1n) is 7.37. The van der Waals surface area contributed by atoms with Gasteiger partial charge in [0.25, 0.3) is 0 Å². The number of rotatable bonds is 4. The number of likely N-dealkylation sites (tertiary alicyclic amines) is 1. The smallest absolute Gasteiger partial charge is 0.0951 e. The van der Waals surface area contributed by atoms with Crippen LogP contribution in [-0.4, -0.2) is 42.4 Å². The van der Waals surface area contributed by atoms with Gasteiger partial charge in [-0.25, -0.2) is 0 Å². The molecule has 1 aromatic rings. The van der Waals surface area contributed by atoms with E-state index in [0.717, 1.165) is 38.3 Å². The Morgan fingerprint density at radius 1 is 1.37 bits per heavy atom. The Bertz CT molecular complexity index is 435. The Kier molecular flexibility index (Phi) is 3.87. The van der Waals surface area contributed by atoms with Gasteiger partial charge in [0, 0.05) is 19.2 Å². The summed E-state index contributed by atoms with van der Waals surface area (Å²) >= 11 is 0. The van der Waals surface area contributed by atoms with Crippen molar-refractivity contribution in [1.29, 1.82) is 0 Å². The van der Waals surface area contributed by atoms with Gasteiger partial charge >= 0.3 is 0 Å². The predicted molar refractivity (Wildman–Crippen MR) is 75.1 cm³/mol. The van der Waals surface area contributed by atoms with Crippen LogP contribution in [0.25, 0.3) is 0 Å². The number of benzene rings is 1. The minimum atomic E-state index is -0.318. The molecule has 1 aromatic carbocycles. The van der Waals surface area contributed by atoms with Crippen molar-refractivity contribution in [3.8, 4) is 0 Å². The highest BCUT2D eigenvalue weighted by Gasteiger charge is 2.37. The first kappa shape index (κ1) is 13.1. The summed E-state index contributed by atoms with van der Waals surface area (Å²) in [6.45, 7) is 5.87. The highest BCUT2D eigenvalue weighted by molar-refractivity contribution is 5.36. The molecule has 0 aromatic heterocycles. The van der Waals surface area contributed by atoms with Gasteiger partial charge in [-0.15, -0.1) is 0 Å². The largest absolute Gasteiger partial charge is 0.387 e. The fourth-order valence-electron chi connectivity index (χ4n) is 3.47. The van der Waals surface area contributed by atoms with Crippen molar-refractivity contribution < 1.29 is 9.84 Å². The topological polar surface area (TPSA) is 32.7 Å². The van der Waals surface area contributed by atoms with E-state index in [1.54, 1.807) is 0 Å². The number of hydrogen-bond donors (Lipinski definition) is 1. The maximum absolute atomic E-state index is 10.5. The van der Waals surface area contributed by atoms with Crippen LogP contribution >= 0.6 is 0 Å². The third-order valence-corrected chi connectivity index (χ3v) is 4.51. The van der Waals surface area contributed by atoms with E-state index in [2.05, 4.69) is 23.1 Å². The maximum Gasteiger partial charge on any atom is 0.0951 e. The molecule has 1 fully saturated rings. The molecular formula is C16H23NO2. The van der Waals surface area contributed by atoms with Gasteiger partial charge in [0.05, 0.1) is 12.7 Å². The Labute approximate surface area is 115 Å². The number of aliphatic hydroxyl groups is 1. The molecule has 1 aliphatic heterocycles. The standard InChI is InChI=1S/C16H23NO2/c1-2-19-11-12-7-8-17(10-12)15-9-13-5-3-4-6-14(13)16(15)18/h3-6,12,15-16,18H,2,7-11H2,1H3. The average molecular weight is 261 g/mol. The number of fused-ring (bicyclic) bond motifs is 1. The molecule has 1 aliphatic carbocycles. The number of hydrogen-bond acceptors (Lipinski definition) is 3. The Hall–Kier alpha value is -0.900. The van der Waals surface area contributed by atoms with Gasteiger partial charge in [0.15, 0.2) is 0 Å². The van der Waals surface area contributed by atoms with Crippen molar-refractivity contribution in [2.45, 2.75) is 31.9 Å². The van der Waals surface area contributed by atoms with E-state index in [4.69, 9.17) is 4.74 Å². The Morgan fingerprint density at radius 2 is 2.21 bits per heavy atom. The zero-order valence-electron chi connectivity index (χ0n) is 11.6. The van der Waals surface area contributed by atoms with Crippen molar-refractivity contribution in [2.24, 2.45) is 5.92 Å². The third kappa shape index (κ3) is 2.55. The second-order valence-electron chi connectivity index (χ2n) is 5.72. The molecule has 104 valence electrons. The molecule has 3 heteroatoms. The van der Waals surface area contributed by atoms with Gasteiger partial charge in [-0.2, -0.15) is 0 Å². The van der Waals surface area contributed by atoms with Crippen molar-refractivity contribution in [2.75, 3.05) is 26.3 Å². The lowest BCUT2D eigenvalue weighted by atomic mass is 10.1. The van der Waals surface area contributed by atoms with Gasteiger partial charge in [-0.05, 0) is 43.4 Å². The van der Waals surface area contributed by atoms with Crippen LogP contribution in [0.2, 0.25) is 0 Å². The van der Waals surface area contributed by atoms with E-state index in [0.29, 0.717) is 5.92 Å². The maximum atomic E-state index is 10.5. The van der Waals surface area contributed by atoms with Crippen LogP contribution < -0.4 is 0 Å². The van der Waals surface area contributed by atoms with E-state index >= 15 is 0 Å². The second-order valence-corrected chi connectivity index (χ2v) is 5.72. The SMILES string of the molecule is CCOCC1CCN(C2Cc3ccccc3C2O)C1. The van der Waals surface area contributed by atoms with Crippen LogP contribution in [0.1, 0.15) is 30.6 Å². The van der Waals surface area contributed by atoms with E-state index in [1.807, 2.05) is 13.0 Å². The first-order valence-corrected chi connectivity index (χ1v) is 7.37. The van der Waals surface area contributed by atoms with Crippen molar-refractivity contribution in [3.63, 3.8) is 0 Å². The molecule has 1 heterocycles. The average Bonchev–Trinajstić information content (AvgIpc) is 3.02. The summed E-state index contributed by atoms with van der Waals surface area (Å²) in [6.07, 6.45) is 1.86. The lowest BCUT2D eigenvalue weighted by Crippen LogP contribution is -2.36. The van der Waals surface area contributed by atoms with Crippen LogP contribution in [0, 0.1) is 5.92 Å². The second kappa shape index (κ2) is 5.61. The molecule has 3 unspecified atom stereocenters. The van der Waals surface area contributed by atoms with Crippen LogP contribution in [0.4, 0.5) is 0 Å². The molecule has 2 aliphatic rings. The number of nitrogens with zero attached hydrogens (tertiary/aromatic N) is 1. The quantitative estimate of drug-likeness (QED) is 0.900. The Balaban J connectivity index is 1.63. The lowest BCUT2D eigenvalue weighted by molar-refractivity contribution is 0.0650. The van der Waals surface area contributed by atoms with Crippen LogP contribution in [0.15, 0.2) is 24.3 Å². The summed E-state index contributed by atoms with van der Waals surface area (Å²) in [7, 11) is 0. The molecule has 3 rings (SSSR count). The van der Waals surface area contributed by atoms with Crippen LogP contribution in [0.3, 0.4) is 0 Å². The van der Waals surface area contributed by atoms with Crippen molar-refractivity contribution >= 4 is 0 Å². The van der Waals surface area contributed by atoms with E-state index in [1.165, 1.54) is 12.0 Å². The monoisotopic (exact) mass is 261 g/mol. The molecule has 0 bridgehead atoms. The highest BCUT2D eigenvalue weighted by Crippen LogP contribution is 2.36. The summed E-state index contributed by atoms with van der Waals surface area (Å²) in [6, 6.07) is 8.56. The van der Waals surface area contributed by atoms with Gasteiger partial charge in [0.2, 0.25) is 0 Å². The molecule has 3 atom stereocenters. The molecule has 1 saturated heterocycles. The van der Waals surface area contributed by atoms with Gasteiger partial charge < -0.3 is 9.84 Å². The minimum Gasteiger partial charge on any atom is -0.387 e. The molecule has 19 heavy (non-hydrogen) atoms. The van der Waals surface area contributed by atoms with Gasteiger partial charge in [0.1, 0.15) is 0 Å².